The first kappa shape index (κ1) is 22.0. The smallest absolute Gasteiger partial charge is 0.332 e. The maximum Gasteiger partial charge on any atom is 0.332 e. The van der Waals surface area contributed by atoms with Crippen LogP contribution in [0, 0.1) is 0 Å². The molecule has 8 heteroatoms. The summed E-state index contributed by atoms with van der Waals surface area (Å²) >= 11 is 0. The molecule has 30 heavy (non-hydrogen) atoms. The van der Waals surface area contributed by atoms with Crippen molar-refractivity contribution < 1.29 is 5.11 Å². The van der Waals surface area contributed by atoms with Gasteiger partial charge in [0.25, 0.3) is 5.56 Å². The molecule has 2 aromatic heterocycles. The van der Waals surface area contributed by atoms with Gasteiger partial charge >= 0.3 is 5.69 Å². The number of imidazole rings is 1. The van der Waals surface area contributed by atoms with Crippen molar-refractivity contribution in [2.45, 2.75) is 39.3 Å². The lowest BCUT2D eigenvalue weighted by Gasteiger charge is -2.22. The van der Waals surface area contributed by atoms with Gasteiger partial charge in [0.1, 0.15) is 11.9 Å². The Morgan fingerprint density at radius 2 is 1.63 bits per heavy atom. The number of fused-ring (bicyclic) bond motifs is 1. The van der Waals surface area contributed by atoms with Gasteiger partial charge < -0.3 is 14.6 Å². The van der Waals surface area contributed by atoms with Crippen LogP contribution < -0.4 is 11.2 Å². The van der Waals surface area contributed by atoms with Crippen molar-refractivity contribution in [3.63, 3.8) is 0 Å². The molecule has 0 saturated heterocycles. The topological polar surface area (TPSA) is 85.3 Å². The van der Waals surface area contributed by atoms with Gasteiger partial charge in [0, 0.05) is 27.2 Å². The van der Waals surface area contributed by atoms with Crippen LogP contribution in [0.1, 0.15) is 44.2 Å². The van der Waals surface area contributed by atoms with Crippen LogP contribution in [0.25, 0.3) is 11.2 Å². The van der Waals surface area contributed by atoms with Gasteiger partial charge in [-0.2, -0.15) is 0 Å². The molecule has 1 aromatic carbocycles. The van der Waals surface area contributed by atoms with E-state index >= 15 is 0 Å². The molecule has 0 fully saturated rings. The Morgan fingerprint density at radius 1 is 1.00 bits per heavy atom. The zero-order valence-electron chi connectivity index (χ0n) is 18.2. The van der Waals surface area contributed by atoms with Crippen molar-refractivity contribution in [1.82, 2.24) is 23.6 Å². The molecule has 0 spiro atoms. The lowest BCUT2D eigenvalue weighted by atomic mass is 10.1. The first-order valence-electron chi connectivity index (χ1n) is 10.5. The van der Waals surface area contributed by atoms with Gasteiger partial charge in [0.15, 0.2) is 11.2 Å². The van der Waals surface area contributed by atoms with E-state index in [0.29, 0.717) is 29.1 Å². The van der Waals surface area contributed by atoms with E-state index in [4.69, 9.17) is 0 Å². The van der Waals surface area contributed by atoms with Crippen molar-refractivity contribution in [2.75, 3.05) is 19.6 Å². The second-order valence-corrected chi connectivity index (χ2v) is 7.65. The molecule has 8 nitrogen and oxygen atoms in total. The number of hydrogen-bond donors (Lipinski definition) is 1. The first-order chi connectivity index (χ1) is 14.4. The van der Waals surface area contributed by atoms with Crippen molar-refractivity contribution >= 4 is 11.2 Å². The molecule has 2 heterocycles. The molecular weight excluding hydrogens is 382 g/mol. The molecule has 1 atom stereocenters. The Labute approximate surface area is 176 Å². The van der Waals surface area contributed by atoms with Crippen molar-refractivity contribution in [1.29, 1.82) is 0 Å². The zero-order valence-corrected chi connectivity index (χ0v) is 18.2. The van der Waals surface area contributed by atoms with Crippen LogP contribution in [0.5, 0.6) is 0 Å². The van der Waals surface area contributed by atoms with Crippen molar-refractivity contribution in [3.05, 3.63) is 62.6 Å². The van der Waals surface area contributed by atoms with Crippen LogP contribution in [-0.4, -0.2) is 48.3 Å². The highest BCUT2D eigenvalue weighted by atomic mass is 16.3. The number of aryl methyl sites for hydroxylation is 1. The molecule has 3 aromatic rings. The van der Waals surface area contributed by atoms with Crippen LogP contribution in [-0.2, 0) is 20.6 Å². The maximum atomic E-state index is 13.0. The van der Waals surface area contributed by atoms with Crippen molar-refractivity contribution in [2.24, 2.45) is 14.1 Å². The molecule has 0 amide bonds. The minimum Gasteiger partial charge on any atom is -0.380 e. The van der Waals surface area contributed by atoms with E-state index < -0.39 is 17.4 Å². The molecule has 0 radical (unpaired) electrons. The number of nitrogens with zero attached hydrogens (tertiary/aromatic N) is 5. The summed E-state index contributed by atoms with van der Waals surface area (Å²) < 4.78 is 4.24. The molecule has 0 unspecified atom stereocenters. The Balaban J connectivity index is 2.16. The highest BCUT2D eigenvalue weighted by Gasteiger charge is 2.24. The molecule has 0 saturated carbocycles. The maximum absolute atomic E-state index is 13.0. The summed E-state index contributed by atoms with van der Waals surface area (Å²) in [7, 11) is 3.07. The Morgan fingerprint density at radius 3 is 2.23 bits per heavy atom. The van der Waals surface area contributed by atoms with E-state index in [1.807, 2.05) is 30.3 Å². The number of benzene rings is 1. The fourth-order valence-corrected chi connectivity index (χ4v) is 3.89. The predicted molar refractivity (Wildman–Crippen MR) is 118 cm³/mol. The van der Waals surface area contributed by atoms with Crippen LogP contribution in [0.3, 0.4) is 0 Å². The monoisotopic (exact) mass is 413 g/mol. The summed E-state index contributed by atoms with van der Waals surface area (Å²) in [6.45, 7) is 7.45. The fourth-order valence-electron chi connectivity index (χ4n) is 3.89. The highest BCUT2D eigenvalue weighted by Crippen LogP contribution is 2.24. The van der Waals surface area contributed by atoms with Crippen LogP contribution in [0.4, 0.5) is 0 Å². The molecule has 0 aliphatic carbocycles. The minimum absolute atomic E-state index is 0.297. The van der Waals surface area contributed by atoms with Gasteiger partial charge in [-0.25, -0.2) is 9.78 Å². The average Bonchev–Trinajstić information content (AvgIpc) is 3.14. The fraction of sp³-hybridized carbons (Fsp3) is 0.500. The third kappa shape index (κ3) is 4.11. The number of aromatic nitrogens is 4. The van der Waals surface area contributed by atoms with E-state index in [1.54, 1.807) is 11.6 Å². The van der Waals surface area contributed by atoms with Gasteiger partial charge in [0.05, 0.1) is 0 Å². The van der Waals surface area contributed by atoms with Crippen molar-refractivity contribution in [3.8, 4) is 0 Å². The van der Waals surface area contributed by atoms with Gasteiger partial charge in [-0.1, -0.05) is 44.2 Å². The second kappa shape index (κ2) is 9.40. The summed E-state index contributed by atoms with van der Waals surface area (Å²) in [5.41, 5.74) is 0.499. The normalized spacial score (nSPS) is 12.7. The van der Waals surface area contributed by atoms with E-state index in [-0.39, 0.29) is 0 Å². The number of rotatable bonds is 9. The lowest BCUT2D eigenvalue weighted by molar-refractivity contribution is 0.201. The summed E-state index contributed by atoms with van der Waals surface area (Å²) in [5, 5.41) is 11.1. The van der Waals surface area contributed by atoms with Gasteiger partial charge in [-0.15, -0.1) is 0 Å². The largest absolute Gasteiger partial charge is 0.380 e. The van der Waals surface area contributed by atoms with Gasteiger partial charge in [0.2, 0.25) is 0 Å². The zero-order chi connectivity index (χ0) is 21.8. The molecular formula is C22H31N5O3. The Bertz CT molecular complexity index is 1110. The first-order valence-corrected chi connectivity index (χ1v) is 10.5. The number of aliphatic hydroxyl groups is 1. The predicted octanol–water partition coefficient (Wildman–Crippen LogP) is 1.64. The standard InChI is InChI=1S/C22H31N5O3/c1-5-12-26(13-6-2)14-15-27-17-19(24(3)22(30)25(4)21(17)29)23-20(27)18(28)16-10-8-7-9-11-16/h7-11,18,28H,5-6,12-15H2,1-4H3/t18-/m0/s1. The van der Waals surface area contributed by atoms with Crippen LogP contribution in [0.15, 0.2) is 39.9 Å². The van der Waals surface area contributed by atoms with E-state index in [2.05, 4.69) is 23.7 Å². The van der Waals surface area contributed by atoms with Gasteiger partial charge in [-0.3, -0.25) is 13.9 Å². The molecule has 3 rings (SSSR count). The third-order valence-electron chi connectivity index (χ3n) is 5.46. The molecule has 0 aliphatic rings. The molecule has 1 N–H and O–H groups in total. The summed E-state index contributed by atoms with van der Waals surface area (Å²) in [4.78, 5) is 32.3. The van der Waals surface area contributed by atoms with Crippen LogP contribution >= 0.6 is 0 Å². The number of aliphatic hydroxyl groups excluding tert-OH is 1. The lowest BCUT2D eigenvalue weighted by Crippen LogP contribution is -2.38. The van der Waals surface area contributed by atoms with E-state index in [9.17, 15) is 14.7 Å². The number of hydrogen-bond acceptors (Lipinski definition) is 5. The van der Waals surface area contributed by atoms with Crippen LogP contribution in [0.2, 0.25) is 0 Å². The van der Waals surface area contributed by atoms with Gasteiger partial charge in [-0.05, 0) is 31.5 Å². The highest BCUT2D eigenvalue weighted by molar-refractivity contribution is 5.71. The molecule has 162 valence electrons. The Kier molecular flexibility index (Phi) is 6.89. The average molecular weight is 414 g/mol. The third-order valence-corrected chi connectivity index (χ3v) is 5.46. The summed E-state index contributed by atoms with van der Waals surface area (Å²) in [5.74, 6) is 0.377. The quantitative estimate of drug-likeness (QED) is 0.576. The Hall–Kier alpha value is -2.71. The molecule has 0 bridgehead atoms. The molecule has 0 aliphatic heterocycles. The minimum atomic E-state index is -0.996. The summed E-state index contributed by atoms with van der Waals surface area (Å²) in [6, 6.07) is 9.24. The van der Waals surface area contributed by atoms with E-state index in [1.165, 1.54) is 11.6 Å². The van der Waals surface area contributed by atoms with E-state index in [0.717, 1.165) is 37.0 Å². The second-order valence-electron chi connectivity index (χ2n) is 7.65. The SMILES string of the molecule is CCCN(CCC)CCn1c([C@@H](O)c2ccccc2)nc2c1c(=O)n(C)c(=O)n2C. The summed E-state index contributed by atoms with van der Waals surface area (Å²) in [6.07, 6.45) is 1.09.